The van der Waals surface area contributed by atoms with E-state index in [9.17, 15) is 9.18 Å². The molecular formula is C11H15FN2O3. The summed E-state index contributed by atoms with van der Waals surface area (Å²) in [5.74, 6) is -0.384. The van der Waals surface area contributed by atoms with E-state index in [0.29, 0.717) is 5.69 Å². The van der Waals surface area contributed by atoms with Gasteiger partial charge in [-0.2, -0.15) is 0 Å². The van der Waals surface area contributed by atoms with Crippen molar-refractivity contribution in [3.8, 4) is 0 Å². The van der Waals surface area contributed by atoms with Crippen LogP contribution in [0, 0.1) is 5.82 Å². The maximum Gasteiger partial charge on any atom is 0.321 e. The highest BCUT2D eigenvalue weighted by Crippen LogP contribution is 2.09. The third-order valence-electron chi connectivity index (χ3n) is 2.12. The Labute approximate surface area is 98.5 Å². The molecule has 0 spiro atoms. The molecule has 2 amide bonds. The lowest BCUT2D eigenvalue weighted by Gasteiger charge is -2.21. The van der Waals surface area contributed by atoms with E-state index in [1.54, 1.807) is 0 Å². The molecule has 0 saturated carbocycles. The van der Waals surface area contributed by atoms with Crippen molar-refractivity contribution < 1.29 is 19.4 Å². The number of benzene rings is 1. The molecule has 0 atom stereocenters. The van der Waals surface area contributed by atoms with Crippen LogP contribution in [0.4, 0.5) is 14.9 Å². The van der Waals surface area contributed by atoms with Gasteiger partial charge in [0, 0.05) is 18.8 Å². The minimum absolute atomic E-state index is 0.133. The summed E-state index contributed by atoms with van der Waals surface area (Å²) in [6, 6.07) is 4.89. The van der Waals surface area contributed by atoms with Gasteiger partial charge in [0.2, 0.25) is 0 Å². The van der Waals surface area contributed by atoms with Crippen LogP contribution in [-0.4, -0.2) is 47.4 Å². The lowest BCUT2D eigenvalue weighted by atomic mass is 10.3. The second-order valence-corrected chi connectivity index (χ2v) is 3.37. The summed E-state index contributed by atoms with van der Waals surface area (Å²) < 4.78 is 12.6. The van der Waals surface area contributed by atoms with Crippen LogP contribution in [0.3, 0.4) is 0 Å². The maximum absolute atomic E-state index is 12.6. The van der Waals surface area contributed by atoms with Crippen LogP contribution in [0.15, 0.2) is 24.3 Å². The van der Waals surface area contributed by atoms with Crippen LogP contribution in [0.25, 0.3) is 0 Å². The first kappa shape index (κ1) is 13.4. The molecule has 0 bridgehead atoms. The predicted molar refractivity (Wildman–Crippen MR) is 61.2 cm³/mol. The van der Waals surface area contributed by atoms with Crippen LogP contribution < -0.4 is 5.32 Å². The van der Waals surface area contributed by atoms with Gasteiger partial charge in [-0.1, -0.05) is 0 Å². The monoisotopic (exact) mass is 242 g/mol. The summed E-state index contributed by atoms with van der Waals surface area (Å²) in [5.41, 5.74) is 0.456. The fraction of sp³-hybridized carbons (Fsp3) is 0.364. The number of amides is 2. The van der Waals surface area contributed by atoms with Gasteiger partial charge in [0.1, 0.15) is 5.82 Å². The third-order valence-corrected chi connectivity index (χ3v) is 2.12. The van der Waals surface area contributed by atoms with Crippen molar-refractivity contribution >= 4 is 11.7 Å². The van der Waals surface area contributed by atoms with Gasteiger partial charge in [-0.15, -0.1) is 0 Å². The van der Waals surface area contributed by atoms with Crippen LogP contribution >= 0.6 is 0 Å². The Morgan fingerprint density at radius 2 is 1.71 bits per heavy atom. The molecule has 0 aliphatic carbocycles. The third kappa shape index (κ3) is 4.38. The van der Waals surface area contributed by atoms with Crippen molar-refractivity contribution in [3.05, 3.63) is 30.1 Å². The summed E-state index contributed by atoms with van der Waals surface area (Å²) in [4.78, 5) is 12.9. The number of nitrogens with one attached hydrogen (secondary N) is 1. The quantitative estimate of drug-likeness (QED) is 0.709. The van der Waals surface area contributed by atoms with Crippen molar-refractivity contribution in [1.29, 1.82) is 0 Å². The van der Waals surface area contributed by atoms with E-state index in [1.807, 2.05) is 0 Å². The van der Waals surface area contributed by atoms with Gasteiger partial charge in [0.05, 0.1) is 13.2 Å². The van der Waals surface area contributed by atoms with Crippen LogP contribution in [0.1, 0.15) is 0 Å². The molecule has 0 aliphatic rings. The number of carbonyl (C=O) groups is 1. The first-order valence-electron chi connectivity index (χ1n) is 5.20. The molecule has 1 aromatic carbocycles. The van der Waals surface area contributed by atoms with Gasteiger partial charge >= 0.3 is 6.03 Å². The zero-order valence-corrected chi connectivity index (χ0v) is 9.27. The molecule has 1 rings (SSSR count). The highest BCUT2D eigenvalue weighted by molar-refractivity contribution is 5.89. The number of hydrogen-bond acceptors (Lipinski definition) is 3. The van der Waals surface area contributed by atoms with Crippen molar-refractivity contribution in [2.45, 2.75) is 0 Å². The molecule has 1 aromatic rings. The van der Waals surface area contributed by atoms with Gasteiger partial charge in [-0.05, 0) is 24.3 Å². The molecule has 0 saturated heterocycles. The highest BCUT2D eigenvalue weighted by Gasteiger charge is 2.12. The van der Waals surface area contributed by atoms with Gasteiger partial charge in [0.15, 0.2) is 0 Å². The number of nitrogens with zero attached hydrogens (tertiary/aromatic N) is 1. The van der Waals surface area contributed by atoms with E-state index >= 15 is 0 Å². The van der Waals surface area contributed by atoms with Crippen molar-refractivity contribution in [2.24, 2.45) is 0 Å². The van der Waals surface area contributed by atoms with Gasteiger partial charge in [-0.3, -0.25) is 0 Å². The maximum atomic E-state index is 12.6. The van der Waals surface area contributed by atoms with Gasteiger partial charge in [-0.25, -0.2) is 9.18 Å². The standard InChI is InChI=1S/C11H15FN2O3/c12-9-1-3-10(4-2-9)13-11(17)14(5-7-15)6-8-16/h1-4,15-16H,5-8H2,(H,13,17). The first-order valence-corrected chi connectivity index (χ1v) is 5.20. The Morgan fingerprint density at radius 3 is 2.18 bits per heavy atom. The molecule has 0 fully saturated rings. The smallest absolute Gasteiger partial charge is 0.321 e. The molecule has 3 N–H and O–H groups in total. The number of halogens is 1. The van der Waals surface area contributed by atoms with Crippen molar-refractivity contribution in [2.75, 3.05) is 31.6 Å². The molecule has 17 heavy (non-hydrogen) atoms. The molecule has 6 heteroatoms. The van der Waals surface area contributed by atoms with E-state index in [1.165, 1.54) is 29.2 Å². The normalized spacial score (nSPS) is 10.1. The van der Waals surface area contributed by atoms with Gasteiger partial charge in [0.25, 0.3) is 0 Å². The lowest BCUT2D eigenvalue weighted by molar-refractivity contribution is 0.167. The molecule has 5 nitrogen and oxygen atoms in total. The second kappa shape index (κ2) is 6.82. The Bertz CT molecular complexity index is 350. The van der Waals surface area contributed by atoms with E-state index < -0.39 is 6.03 Å². The number of aliphatic hydroxyl groups excluding tert-OH is 2. The Hall–Kier alpha value is -1.66. The topological polar surface area (TPSA) is 72.8 Å². The fourth-order valence-electron chi connectivity index (χ4n) is 1.29. The van der Waals surface area contributed by atoms with Crippen LogP contribution in [0.2, 0.25) is 0 Å². The number of carbonyl (C=O) groups excluding carboxylic acids is 1. The first-order chi connectivity index (χ1) is 8.17. The molecule has 0 aromatic heterocycles. The largest absolute Gasteiger partial charge is 0.395 e. The Balaban J connectivity index is 2.59. The van der Waals surface area contributed by atoms with E-state index in [4.69, 9.17) is 10.2 Å². The predicted octanol–water partition coefficient (Wildman–Crippen LogP) is 0.644. The van der Waals surface area contributed by atoms with Crippen LogP contribution in [0.5, 0.6) is 0 Å². The van der Waals surface area contributed by atoms with Gasteiger partial charge < -0.3 is 20.4 Å². The average Bonchev–Trinajstić information content (AvgIpc) is 2.32. The Kier molecular flexibility index (Phi) is 5.38. The zero-order chi connectivity index (χ0) is 12.7. The molecule has 0 heterocycles. The summed E-state index contributed by atoms with van der Waals surface area (Å²) in [6.45, 7) is -0.102. The second-order valence-electron chi connectivity index (χ2n) is 3.37. The molecule has 0 radical (unpaired) electrons. The van der Waals surface area contributed by atoms with Crippen molar-refractivity contribution in [3.63, 3.8) is 0 Å². The van der Waals surface area contributed by atoms with Crippen molar-refractivity contribution in [1.82, 2.24) is 4.90 Å². The summed E-state index contributed by atoms with van der Waals surface area (Å²) in [7, 11) is 0. The number of anilines is 1. The summed E-state index contributed by atoms with van der Waals surface area (Å²) >= 11 is 0. The lowest BCUT2D eigenvalue weighted by Crippen LogP contribution is -2.38. The fourth-order valence-corrected chi connectivity index (χ4v) is 1.29. The summed E-state index contributed by atoms with van der Waals surface area (Å²) in [5, 5.41) is 20.1. The number of urea groups is 1. The molecular weight excluding hydrogens is 227 g/mol. The average molecular weight is 242 g/mol. The number of rotatable bonds is 5. The van der Waals surface area contributed by atoms with E-state index in [2.05, 4.69) is 5.32 Å². The number of hydrogen-bond donors (Lipinski definition) is 3. The molecule has 0 unspecified atom stereocenters. The molecule has 0 aliphatic heterocycles. The Morgan fingerprint density at radius 1 is 1.18 bits per heavy atom. The van der Waals surface area contributed by atoms with Crippen LogP contribution in [-0.2, 0) is 0 Å². The SMILES string of the molecule is O=C(Nc1ccc(F)cc1)N(CCO)CCO. The number of aliphatic hydroxyl groups is 2. The minimum atomic E-state index is -0.445. The molecule has 94 valence electrons. The van der Waals surface area contributed by atoms with E-state index in [-0.39, 0.29) is 32.1 Å². The highest BCUT2D eigenvalue weighted by atomic mass is 19.1. The minimum Gasteiger partial charge on any atom is -0.395 e. The zero-order valence-electron chi connectivity index (χ0n) is 9.27. The van der Waals surface area contributed by atoms with E-state index in [0.717, 1.165) is 0 Å². The summed E-state index contributed by atoms with van der Waals surface area (Å²) in [6.07, 6.45) is 0.